The smallest absolute Gasteiger partial charge is 0.101 e. The summed E-state index contributed by atoms with van der Waals surface area (Å²) >= 11 is 0. The van der Waals surface area contributed by atoms with E-state index in [0.717, 1.165) is 0 Å². The number of rotatable bonds is 18. The molecule has 0 spiro atoms. The molecule has 1 rings (SSSR count). The van der Waals surface area contributed by atoms with Gasteiger partial charge in [-0.15, -0.1) is 0 Å². The molecule has 0 amide bonds. The summed E-state index contributed by atoms with van der Waals surface area (Å²) in [5.41, 5.74) is 0. The average Bonchev–Trinajstić information content (AvgIpc) is 3.02. The van der Waals surface area contributed by atoms with Crippen molar-refractivity contribution in [1.82, 2.24) is 9.80 Å². The third-order valence-electron chi connectivity index (χ3n) is 5.80. The standard InChI is InChI=1S/C24H48N2/c1-4-7-9-11-12-13-14-16-18-21-26-23-22-25(24(26)19-6-3)20-17-15-10-8-5-2/h22-24H,4-21H2,1-3H3. The zero-order valence-corrected chi connectivity index (χ0v) is 18.4. The summed E-state index contributed by atoms with van der Waals surface area (Å²) in [4.78, 5) is 5.24. The van der Waals surface area contributed by atoms with Gasteiger partial charge in [0, 0.05) is 25.5 Å². The van der Waals surface area contributed by atoms with Crippen molar-refractivity contribution in [3.8, 4) is 0 Å². The fraction of sp³-hybridized carbons (Fsp3) is 0.917. The van der Waals surface area contributed by atoms with E-state index in [1.165, 1.54) is 116 Å². The first kappa shape index (κ1) is 23.4. The second kappa shape index (κ2) is 16.5. The molecule has 0 aromatic carbocycles. The van der Waals surface area contributed by atoms with E-state index in [0.29, 0.717) is 6.17 Å². The van der Waals surface area contributed by atoms with Crippen molar-refractivity contribution >= 4 is 0 Å². The van der Waals surface area contributed by atoms with Gasteiger partial charge < -0.3 is 9.80 Å². The highest BCUT2D eigenvalue weighted by Gasteiger charge is 2.24. The van der Waals surface area contributed by atoms with Crippen LogP contribution in [-0.4, -0.2) is 29.1 Å². The van der Waals surface area contributed by atoms with Gasteiger partial charge in [0.15, 0.2) is 0 Å². The van der Waals surface area contributed by atoms with Gasteiger partial charge >= 0.3 is 0 Å². The summed E-state index contributed by atoms with van der Waals surface area (Å²) < 4.78 is 0. The van der Waals surface area contributed by atoms with Crippen LogP contribution in [-0.2, 0) is 0 Å². The Balaban J connectivity index is 2.12. The van der Waals surface area contributed by atoms with Crippen molar-refractivity contribution in [1.29, 1.82) is 0 Å². The molecule has 0 N–H and O–H groups in total. The summed E-state index contributed by atoms with van der Waals surface area (Å²) in [6, 6.07) is 0. The van der Waals surface area contributed by atoms with Crippen molar-refractivity contribution in [2.45, 2.75) is 130 Å². The Bertz CT molecular complexity index is 326. The van der Waals surface area contributed by atoms with E-state index >= 15 is 0 Å². The lowest BCUT2D eigenvalue weighted by molar-refractivity contribution is 0.138. The average molecular weight is 365 g/mol. The minimum absolute atomic E-state index is 0.639. The molecule has 2 nitrogen and oxygen atoms in total. The predicted octanol–water partition coefficient (Wildman–Crippen LogP) is 7.70. The molecule has 1 aliphatic heterocycles. The van der Waals surface area contributed by atoms with Crippen LogP contribution in [0.4, 0.5) is 0 Å². The van der Waals surface area contributed by atoms with E-state index in [1.807, 2.05) is 0 Å². The van der Waals surface area contributed by atoms with Gasteiger partial charge in [-0.1, -0.05) is 104 Å². The lowest BCUT2D eigenvalue weighted by atomic mass is 10.1. The highest BCUT2D eigenvalue weighted by Crippen LogP contribution is 2.22. The van der Waals surface area contributed by atoms with Crippen LogP contribution >= 0.6 is 0 Å². The largest absolute Gasteiger partial charge is 0.356 e. The number of nitrogens with zero attached hydrogens (tertiary/aromatic N) is 2. The molecule has 0 aromatic heterocycles. The molecule has 0 bridgehead atoms. The molecular weight excluding hydrogens is 316 g/mol. The zero-order valence-electron chi connectivity index (χ0n) is 18.4. The van der Waals surface area contributed by atoms with Gasteiger partial charge in [0.25, 0.3) is 0 Å². The summed E-state index contributed by atoms with van der Waals surface area (Å²) in [5, 5.41) is 0. The molecule has 1 unspecified atom stereocenters. The molecule has 0 saturated carbocycles. The Labute approximate surface area is 165 Å². The Morgan fingerprint density at radius 2 is 0.885 bits per heavy atom. The number of unbranched alkanes of at least 4 members (excludes halogenated alkanes) is 12. The summed E-state index contributed by atoms with van der Waals surface area (Å²) in [7, 11) is 0. The molecule has 2 heteroatoms. The van der Waals surface area contributed by atoms with Gasteiger partial charge in [-0.3, -0.25) is 0 Å². The van der Waals surface area contributed by atoms with Crippen LogP contribution in [0.3, 0.4) is 0 Å². The monoisotopic (exact) mass is 364 g/mol. The normalized spacial score (nSPS) is 16.8. The van der Waals surface area contributed by atoms with Crippen LogP contribution in [0.2, 0.25) is 0 Å². The molecule has 1 aliphatic rings. The topological polar surface area (TPSA) is 6.48 Å². The van der Waals surface area contributed by atoms with Crippen molar-refractivity contribution in [3.63, 3.8) is 0 Å². The van der Waals surface area contributed by atoms with E-state index < -0.39 is 0 Å². The third kappa shape index (κ3) is 10.5. The fourth-order valence-electron chi connectivity index (χ4n) is 4.10. The van der Waals surface area contributed by atoms with Gasteiger partial charge in [-0.25, -0.2) is 0 Å². The molecule has 0 radical (unpaired) electrons. The highest BCUT2D eigenvalue weighted by molar-refractivity contribution is 4.96. The van der Waals surface area contributed by atoms with E-state index in [9.17, 15) is 0 Å². The highest BCUT2D eigenvalue weighted by atomic mass is 15.4. The predicted molar refractivity (Wildman–Crippen MR) is 117 cm³/mol. The van der Waals surface area contributed by atoms with Crippen molar-refractivity contribution < 1.29 is 0 Å². The van der Waals surface area contributed by atoms with Gasteiger partial charge in [0.05, 0.1) is 0 Å². The number of hydrogen-bond donors (Lipinski definition) is 0. The van der Waals surface area contributed by atoms with E-state index in [1.54, 1.807) is 0 Å². The molecule has 0 aromatic rings. The molecule has 1 atom stereocenters. The van der Waals surface area contributed by atoms with Crippen LogP contribution in [0.5, 0.6) is 0 Å². The van der Waals surface area contributed by atoms with Crippen LogP contribution in [0, 0.1) is 0 Å². The van der Waals surface area contributed by atoms with Gasteiger partial charge in [0.2, 0.25) is 0 Å². The van der Waals surface area contributed by atoms with E-state index in [4.69, 9.17) is 0 Å². The van der Waals surface area contributed by atoms with Crippen LogP contribution < -0.4 is 0 Å². The van der Waals surface area contributed by atoms with Gasteiger partial charge in [-0.2, -0.15) is 0 Å². The van der Waals surface area contributed by atoms with Crippen LogP contribution in [0.1, 0.15) is 124 Å². The van der Waals surface area contributed by atoms with Crippen molar-refractivity contribution in [3.05, 3.63) is 12.4 Å². The van der Waals surface area contributed by atoms with Gasteiger partial charge in [-0.05, 0) is 19.3 Å². The van der Waals surface area contributed by atoms with Crippen molar-refractivity contribution in [2.24, 2.45) is 0 Å². The van der Waals surface area contributed by atoms with Gasteiger partial charge in [0.1, 0.15) is 6.17 Å². The fourth-order valence-corrected chi connectivity index (χ4v) is 4.10. The number of hydrogen-bond acceptors (Lipinski definition) is 2. The minimum Gasteiger partial charge on any atom is -0.356 e. The Kier molecular flexibility index (Phi) is 14.8. The summed E-state index contributed by atoms with van der Waals surface area (Å²) in [6.45, 7) is 9.42. The maximum absolute atomic E-state index is 2.62. The zero-order chi connectivity index (χ0) is 18.9. The Morgan fingerprint density at radius 1 is 0.500 bits per heavy atom. The van der Waals surface area contributed by atoms with Crippen molar-refractivity contribution in [2.75, 3.05) is 13.1 Å². The quantitative estimate of drug-likeness (QED) is 0.230. The Morgan fingerprint density at radius 3 is 1.27 bits per heavy atom. The molecule has 0 fully saturated rings. The molecule has 1 heterocycles. The summed E-state index contributed by atoms with van der Waals surface area (Å²) in [6.07, 6.45) is 27.7. The van der Waals surface area contributed by atoms with E-state index in [2.05, 4.69) is 43.0 Å². The third-order valence-corrected chi connectivity index (χ3v) is 5.80. The molecule has 0 saturated heterocycles. The first-order valence-corrected chi connectivity index (χ1v) is 12.0. The maximum Gasteiger partial charge on any atom is 0.101 e. The second-order valence-corrected chi connectivity index (χ2v) is 8.29. The Hall–Kier alpha value is -0.660. The van der Waals surface area contributed by atoms with Crippen LogP contribution in [0.25, 0.3) is 0 Å². The molecule has 154 valence electrons. The lowest BCUT2D eigenvalue weighted by Crippen LogP contribution is -2.39. The minimum atomic E-state index is 0.639. The molecular formula is C24H48N2. The van der Waals surface area contributed by atoms with Crippen LogP contribution in [0.15, 0.2) is 12.4 Å². The SMILES string of the molecule is CCCCCCCCCCCN1C=CN(CCCCCCC)C1CCC. The maximum atomic E-state index is 2.62. The lowest BCUT2D eigenvalue weighted by Gasteiger charge is -2.33. The first-order valence-electron chi connectivity index (χ1n) is 12.0. The summed E-state index contributed by atoms with van der Waals surface area (Å²) in [5.74, 6) is 0. The first-order chi connectivity index (χ1) is 12.8. The molecule has 0 aliphatic carbocycles. The second-order valence-electron chi connectivity index (χ2n) is 8.29. The molecule has 26 heavy (non-hydrogen) atoms. The van der Waals surface area contributed by atoms with E-state index in [-0.39, 0.29) is 0 Å².